The first kappa shape index (κ1) is 12.7. The summed E-state index contributed by atoms with van der Waals surface area (Å²) in [6.07, 6.45) is 1.49. The molecule has 1 saturated carbocycles. The van der Waals surface area contributed by atoms with E-state index >= 15 is 0 Å². The Balaban J connectivity index is 2.09. The number of aryl methyl sites for hydroxylation is 1. The molecule has 17 heavy (non-hydrogen) atoms. The summed E-state index contributed by atoms with van der Waals surface area (Å²) in [7, 11) is 0. The van der Waals surface area contributed by atoms with Crippen LogP contribution in [0.4, 0.5) is 0 Å². The average molecular weight is 255 g/mol. The summed E-state index contributed by atoms with van der Waals surface area (Å²) in [5, 5.41) is 10.6. The van der Waals surface area contributed by atoms with Gasteiger partial charge in [0.25, 0.3) is 0 Å². The second kappa shape index (κ2) is 4.51. The summed E-state index contributed by atoms with van der Waals surface area (Å²) in [5.41, 5.74) is 0.898. The molecule has 1 fully saturated rings. The van der Waals surface area contributed by atoms with Crippen LogP contribution in [-0.4, -0.2) is 17.3 Å². The zero-order valence-corrected chi connectivity index (χ0v) is 11.3. The Morgan fingerprint density at radius 1 is 1.53 bits per heavy atom. The first-order chi connectivity index (χ1) is 7.97. The van der Waals surface area contributed by atoms with Gasteiger partial charge in [-0.25, -0.2) is 0 Å². The highest BCUT2D eigenvalue weighted by atomic mass is 35.5. The predicted molar refractivity (Wildman–Crippen MR) is 69.6 cm³/mol. The van der Waals surface area contributed by atoms with Crippen molar-refractivity contribution in [2.45, 2.75) is 45.8 Å². The molecule has 3 unspecified atom stereocenters. The molecule has 1 aromatic rings. The molecule has 2 nitrogen and oxygen atoms in total. The van der Waals surface area contributed by atoms with Crippen molar-refractivity contribution < 1.29 is 9.84 Å². The van der Waals surface area contributed by atoms with Gasteiger partial charge in [-0.3, -0.25) is 0 Å². The quantitative estimate of drug-likeness (QED) is 0.894. The van der Waals surface area contributed by atoms with E-state index in [1.54, 1.807) is 0 Å². The van der Waals surface area contributed by atoms with Crippen molar-refractivity contribution >= 4 is 11.6 Å². The third-order valence-electron chi connectivity index (χ3n) is 4.10. The molecule has 1 N–H and O–H groups in total. The Bertz CT molecular complexity index is 419. The zero-order chi connectivity index (χ0) is 12.6. The highest BCUT2D eigenvalue weighted by molar-refractivity contribution is 6.31. The molecular formula is C14H19ClO2. The first-order valence-corrected chi connectivity index (χ1v) is 6.46. The Hall–Kier alpha value is -0.730. The summed E-state index contributed by atoms with van der Waals surface area (Å²) >= 11 is 5.98. The van der Waals surface area contributed by atoms with Gasteiger partial charge in [0, 0.05) is 16.9 Å². The lowest BCUT2D eigenvalue weighted by molar-refractivity contribution is -0.147. The minimum absolute atomic E-state index is 0.100. The molecule has 0 spiro atoms. The number of ether oxygens (including phenoxy) is 1. The van der Waals surface area contributed by atoms with Gasteiger partial charge in [0.05, 0.1) is 6.10 Å². The van der Waals surface area contributed by atoms with E-state index in [0.717, 1.165) is 22.8 Å². The van der Waals surface area contributed by atoms with Crippen LogP contribution in [0.15, 0.2) is 18.2 Å². The highest BCUT2D eigenvalue weighted by Gasteiger charge is 2.51. The molecule has 0 saturated heterocycles. The largest absolute Gasteiger partial charge is 0.490 e. The molecule has 0 aromatic heterocycles. The van der Waals surface area contributed by atoms with Gasteiger partial charge in [-0.15, -0.1) is 0 Å². The predicted octanol–water partition coefficient (Wildman–Crippen LogP) is 3.58. The van der Waals surface area contributed by atoms with Crippen LogP contribution in [0.3, 0.4) is 0 Å². The van der Waals surface area contributed by atoms with Crippen LogP contribution < -0.4 is 4.74 Å². The second-order valence-electron chi connectivity index (χ2n) is 5.13. The van der Waals surface area contributed by atoms with Crippen LogP contribution in [0, 0.1) is 12.3 Å². The third kappa shape index (κ3) is 2.16. The van der Waals surface area contributed by atoms with E-state index in [2.05, 4.69) is 13.8 Å². The van der Waals surface area contributed by atoms with E-state index in [1.165, 1.54) is 0 Å². The average Bonchev–Trinajstić information content (AvgIpc) is 2.32. The summed E-state index contributed by atoms with van der Waals surface area (Å²) in [6, 6.07) is 5.68. The molecule has 3 atom stereocenters. The number of rotatable bonds is 3. The van der Waals surface area contributed by atoms with Gasteiger partial charge < -0.3 is 9.84 Å². The Kier molecular flexibility index (Phi) is 3.37. The summed E-state index contributed by atoms with van der Waals surface area (Å²) < 4.78 is 5.94. The van der Waals surface area contributed by atoms with Gasteiger partial charge >= 0.3 is 0 Å². The molecule has 0 heterocycles. The smallest absolute Gasteiger partial charge is 0.120 e. The van der Waals surface area contributed by atoms with E-state index in [1.807, 2.05) is 25.1 Å². The van der Waals surface area contributed by atoms with Gasteiger partial charge in [0.2, 0.25) is 0 Å². The molecular weight excluding hydrogens is 236 g/mol. The lowest BCUT2D eigenvalue weighted by Gasteiger charge is -2.50. The number of aliphatic hydroxyl groups excluding tert-OH is 1. The maximum Gasteiger partial charge on any atom is 0.120 e. The second-order valence-corrected chi connectivity index (χ2v) is 5.54. The number of aliphatic hydroxyl groups is 1. The zero-order valence-electron chi connectivity index (χ0n) is 10.5. The molecule has 1 aromatic carbocycles. The van der Waals surface area contributed by atoms with E-state index in [-0.39, 0.29) is 17.6 Å². The lowest BCUT2D eigenvalue weighted by atomic mass is 9.63. The van der Waals surface area contributed by atoms with Gasteiger partial charge in [0.15, 0.2) is 0 Å². The monoisotopic (exact) mass is 254 g/mol. The molecule has 0 bridgehead atoms. The van der Waals surface area contributed by atoms with Crippen molar-refractivity contribution in [3.05, 3.63) is 28.8 Å². The molecule has 0 amide bonds. The lowest BCUT2D eigenvalue weighted by Crippen LogP contribution is -2.57. The molecule has 1 aliphatic rings. The van der Waals surface area contributed by atoms with Crippen LogP contribution in [0.5, 0.6) is 5.75 Å². The van der Waals surface area contributed by atoms with E-state index in [9.17, 15) is 5.11 Å². The van der Waals surface area contributed by atoms with Crippen molar-refractivity contribution in [3.8, 4) is 5.75 Å². The van der Waals surface area contributed by atoms with Crippen molar-refractivity contribution in [1.82, 2.24) is 0 Å². The summed E-state index contributed by atoms with van der Waals surface area (Å²) in [5.74, 6) is 0.837. The van der Waals surface area contributed by atoms with Gasteiger partial charge in [-0.05, 0) is 37.1 Å². The number of halogens is 1. The van der Waals surface area contributed by atoms with Crippen LogP contribution in [0.25, 0.3) is 0 Å². The topological polar surface area (TPSA) is 29.5 Å². The molecule has 1 aliphatic carbocycles. The van der Waals surface area contributed by atoms with E-state index in [0.29, 0.717) is 6.42 Å². The highest BCUT2D eigenvalue weighted by Crippen LogP contribution is 2.46. The molecule has 0 aliphatic heterocycles. The Morgan fingerprint density at radius 2 is 2.24 bits per heavy atom. The van der Waals surface area contributed by atoms with Crippen molar-refractivity contribution in [1.29, 1.82) is 0 Å². The number of hydrogen-bond donors (Lipinski definition) is 1. The van der Waals surface area contributed by atoms with E-state index < -0.39 is 0 Å². The number of hydrogen-bond acceptors (Lipinski definition) is 2. The van der Waals surface area contributed by atoms with E-state index in [4.69, 9.17) is 16.3 Å². The molecule has 0 radical (unpaired) electrons. The van der Waals surface area contributed by atoms with Crippen LogP contribution in [0.1, 0.15) is 32.3 Å². The van der Waals surface area contributed by atoms with Gasteiger partial charge in [-0.2, -0.15) is 0 Å². The van der Waals surface area contributed by atoms with Crippen molar-refractivity contribution in [2.75, 3.05) is 0 Å². The molecule has 2 rings (SSSR count). The molecule has 3 heteroatoms. The van der Waals surface area contributed by atoms with Crippen LogP contribution >= 0.6 is 11.6 Å². The maximum absolute atomic E-state index is 9.81. The number of benzene rings is 1. The maximum atomic E-state index is 9.81. The Labute approximate surface area is 108 Å². The fraction of sp³-hybridized carbons (Fsp3) is 0.571. The third-order valence-corrected chi connectivity index (χ3v) is 4.53. The fourth-order valence-electron chi connectivity index (χ4n) is 2.30. The first-order valence-electron chi connectivity index (χ1n) is 6.08. The standard InChI is InChI=1S/C14H19ClO2/c1-4-14(3)12(16)8-13(14)17-10-5-6-11(15)9(2)7-10/h5-7,12-13,16H,4,8H2,1-3H3. The normalized spacial score (nSPS) is 32.1. The van der Waals surface area contributed by atoms with Crippen LogP contribution in [0.2, 0.25) is 5.02 Å². The summed E-state index contributed by atoms with van der Waals surface area (Å²) in [6.45, 7) is 6.13. The Morgan fingerprint density at radius 3 is 2.76 bits per heavy atom. The minimum Gasteiger partial charge on any atom is -0.490 e. The molecule has 94 valence electrons. The minimum atomic E-state index is -0.245. The summed E-state index contributed by atoms with van der Waals surface area (Å²) in [4.78, 5) is 0. The van der Waals surface area contributed by atoms with Crippen molar-refractivity contribution in [3.63, 3.8) is 0 Å². The van der Waals surface area contributed by atoms with Gasteiger partial charge in [-0.1, -0.05) is 25.4 Å². The van der Waals surface area contributed by atoms with Crippen LogP contribution in [-0.2, 0) is 0 Å². The van der Waals surface area contributed by atoms with Gasteiger partial charge in [0.1, 0.15) is 11.9 Å². The van der Waals surface area contributed by atoms with Crippen molar-refractivity contribution in [2.24, 2.45) is 5.41 Å². The SMILES string of the molecule is CCC1(C)C(O)CC1Oc1ccc(Cl)c(C)c1. The fourth-order valence-corrected chi connectivity index (χ4v) is 2.41.